The predicted octanol–water partition coefficient (Wildman–Crippen LogP) is 3.27. The molecule has 0 spiro atoms. The van der Waals surface area contributed by atoms with E-state index in [4.69, 9.17) is 33.0 Å². The summed E-state index contributed by atoms with van der Waals surface area (Å²) in [7, 11) is 0. The van der Waals surface area contributed by atoms with Crippen molar-refractivity contribution in [1.82, 2.24) is 9.97 Å². The number of aromatic carboxylic acids is 1. The van der Waals surface area contributed by atoms with Crippen molar-refractivity contribution < 1.29 is 14.6 Å². The molecule has 0 fully saturated rings. The van der Waals surface area contributed by atoms with Crippen LogP contribution in [0.2, 0.25) is 10.0 Å². The molecule has 92 valence electrons. The van der Waals surface area contributed by atoms with E-state index in [1.165, 1.54) is 30.7 Å². The first-order valence-electron chi connectivity index (χ1n) is 4.73. The quantitative estimate of drug-likeness (QED) is 0.936. The zero-order valence-electron chi connectivity index (χ0n) is 8.80. The molecule has 0 aromatic carbocycles. The maximum atomic E-state index is 11.0. The molecule has 2 heterocycles. The van der Waals surface area contributed by atoms with Gasteiger partial charge in [0.05, 0.1) is 16.2 Å². The Hall–Kier alpha value is -1.85. The van der Waals surface area contributed by atoms with Gasteiger partial charge >= 0.3 is 5.97 Å². The molecule has 0 aliphatic carbocycles. The lowest BCUT2D eigenvalue weighted by Gasteiger charge is -2.07. The van der Waals surface area contributed by atoms with Crippen LogP contribution in [0, 0.1) is 0 Å². The Kier molecular flexibility index (Phi) is 3.64. The molecule has 7 heteroatoms. The van der Waals surface area contributed by atoms with Crippen LogP contribution in [-0.2, 0) is 0 Å². The largest absolute Gasteiger partial charge is 0.477 e. The lowest BCUT2D eigenvalue weighted by atomic mass is 10.3. The van der Waals surface area contributed by atoms with Crippen molar-refractivity contribution in [3.63, 3.8) is 0 Å². The fourth-order valence-electron chi connectivity index (χ4n) is 1.22. The molecule has 18 heavy (non-hydrogen) atoms. The van der Waals surface area contributed by atoms with Crippen LogP contribution in [0.5, 0.6) is 11.6 Å². The first kappa shape index (κ1) is 12.6. The van der Waals surface area contributed by atoms with Crippen molar-refractivity contribution in [2.45, 2.75) is 0 Å². The SMILES string of the molecule is O=C(O)c1cc(Cl)cnc1Oc1cncc(Cl)c1. The molecule has 2 aromatic heterocycles. The third kappa shape index (κ3) is 2.88. The van der Waals surface area contributed by atoms with Crippen LogP contribution >= 0.6 is 23.2 Å². The molecule has 2 rings (SSSR count). The van der Waals surface area contributed by atoms with Crippen molar-refractivity contribution in [2.75, 3.05) is 0 Å². The second kappa shape index (κ2) is 5.20. The number of hydrogen-bond acceptors (Lipinski definition) is 4. The van der Waals surface area contributed by atoms with E-state index in [1.54, 1.807) is 0 Å². The highest BCUT2D eigenvalue weighted by molar-refractivity contribution is 6.31. The Morgan fingerprint density at radius 2 is 1.89 bits per heavy atom. The summed E-state index contributed by atoms with van der Waals surface area (Å²) in [4.78, 5) is 18.6. The van der Waals surface area contributed by atoms with Crippen molar-refractivity contribution in [1.29, 1.82) is 0 Å². The summed E-state index contributed by atoms with van der Waals surface area (Å²) in [5.74, 6) is -0.967. The van der Waals surface area contributed by atoms with Crippen LogP contribution in [0.15, 0.2) is 30.7 Å². The first-order chi connectivity index (χ1) is 8.56. The summed E-state index contributed by atoms with van der Waals surface area (Å²) in [5.41, 5.74) is -0.137. The highest BCUT2D eigenvalue weighted by atomic mass is 35.5. The zero-order chi connectivity index (χ0) is 13.1. The highest BCUT2D eigenvalue weighted by Crippen LogP contribution is 2.26. The number of carbonyl (C=O) groups is 1. The standard InChI is InChI=1S/C11H6Cl2N2O3/c12-6-1-8(5-14-3-6)18-10-9(11(16)17)2-7(13)4-15-10/h1-5H,(H,16,17). The minimum atomic E-state index is -1.19. The Morgan fingerprint density at radius 3 is 2.56 bits per heavy atom. The Morgan fingerprint density at radius 1 is 1.17 bits per heavy atom. The number of nitrogens with zero attached hydrogens (tertiary/aromatic N) is 2. The number of pyridine rings is 2. The Bertz CT molecular complexity index is 605. The molecule has 0 aliphatic heterocycles. The summed E-state index contributed by atoms with van der Waals surface area (Å²) in [6, 6.07) is 2.75. The van der Waals surface area contributed by atoms with Crippen LogP contribution < -0.4 is 4.74 Å². The van der Waals surface area contributed by atoms with Crippen molar-refractivity contribution in [3.8, 4) is 11.6 Å². The lowest BCUT2D eigenvalue weighted by Crippen LogP contribution is -2.02. The molecule has 1 N–H and O–H groups in total. The van der Waals surface area contributed by atoms with Crippen molar-refractivity contribution in [2.24, 2.45) is 0 Å². The monoisotopic (exact) mass is 284 g/mol. The molecular weight excluding hydrogens is 279 g/mol. The smallest absolute Gasteiger partial charge is 0.341 e. The summed E-state index contributed by atoms with van der Waals surface area (Å²) in [5, 5.41) is 9.59. The van der Waals surface area contributed by atoms with Gasteiger partial charge in [-0.15, -0.1) is 0 Å². The van der Waals surface area contributed by atoms with Gasteiger partial charge in [0.15, 0.2) is 0 Å². The molecule has 0 saturated carbocycles. The summed E-state index contributed by atoms with van der Waals surface area (Å²) in [6.45, 7) is 0. The number of rotatable bonds is 3. The minimum Gasteiger partial charge on any atom is -0.477 e. The third-order valence-corrected chi connectivity index (χ3v) is 2.36. The van der Waals surface area contributed by atoms with Gasteiger partial charge < -0.3 is 9.84 Å². The molecule has 0 saturated heterocycles. The number of carboxylic acid groups (broad SMARTS) is 1. The number of ether oxygens (including phenoxy) is 1. The van der Waals surface area contributed by atoms with E-state index < -0.39 is 5.97 Å². The van der Waals surface area contributed by atoms with Gasteiger partial charge in [0.2, 0.25) is 5.88 Å². The van der Waals surface area contributed by atoms with Gasteiger partial charge in [0.25, 0.3) is 0 Å². The number of aromatic nitrogens is 2. The molecule has 0 amide bonds. The molecule has 0 radical (unpaired) electrons. The predicted molar refractivity (Wildman–Crippen MR) is 65.5 cm³/mol. The molecule has 2 aromatic rings. The minimum absolute atomic E-state index is 0.0732. The average Bonchev–Trinajstić information content (AvgIpc) is 2.31. The summed E-state index contributed by atoms with van der Waals surface area (Å²) < 4.78 is 5.31. The number of carboxylic acids is 1. The van der Waals surface area contributed by atoms with Gasteiger partial charge in [-0.1, -0.05) is 23.2 Å². The Balaban J connectivity index is 2.37. The van der Waals surface area contributed by atoms with Crippen molar-refractivity contribution >= 4 is 29.2 Å². The van der Waals surface area contributed by atoms with Gasteiger partial charge in [-0.2, -0.15) is 0 Å². The van der Waals surface area contributed by atoms with E-state index in [9.17, 15) is 4.79 Å². The fourth-order valence-corrected chi connectivity index (χ4v) is 1.54. The molecule has 0 bridgehead atoms. The molecule has 0 unspecified atom stereocenters. The maximum Gasteiger partial charge on any atom is 0.341 e. The maximum absolute atomic E-state index is 11.0. The summed E-state index contributed by atoms with van der Waals surface area (Å²) in [6.07, 6.45) is 4.12. The van der Waals surface area contributed by atoms with E-state index in [1.807, 2.05) is 0 Å². The molecule has 0 aliphatic rings. The van der Waals surface area contributed by atoms with E-state index >= 15 is 0 Å². The summed E-state index contributed by atoms with van der Waals surface area (Å²) >= 11 is 11.4. The van der Waals surface area contributed by atoms with Crippen LogP contribution in [0.1, 0.15) is 10.4 Å². The molecule has 5 nitrogen and oxygen atoms in total. The molecule has 0 atom stereocenters. The number of halogens is 2. The van der Waals surface area contributed by atoms with Gasteiger partial charge in [-0.3, -0.25) is 4.98 Å². The van der Waals surface area contributed by atoms with E-state index in [-0.39, 0.29) is 16.5 Å². The number of hydrogen-bond donors (Lipinski definition) is 1. The van der Waals surface area contributed by atoms with Crippen LogP contribution in [0.4, 0.5) is 0 Å². The van der Waals surface area contributed by atoms with E-state index in [2.05, 4.69) is 9.97 Å². The topological polar surface area (TPSA) is 72.3 Å². The first-order valence-corrected chi connectivity index (χ1v) is 5.49. The van der Waals surface area contributed by atoms with Crippen molar-refractivity contribution in [3.05, 3.63) is 46.3 Å². The average molecular weight is 285 g/mol. The van der Waals surface area contributed by atoms with E-state index in [0.717, 1.165) is 0 Å². The molecular formula is C11H6Cl2N2O3. The van der Waals surface area contributed by atoms with Crippen LogP contribution in [0.25, 0.3) is 0 Å². The van der Waals surface area contributed by atoms with Gasteiger partial charge in [-0.25, -0.2) is 9.78 Å². The zero-order valence-corrected chi connectivity index (χ0v) is 10.3. The normalized spacial score (nSPS) is 10.1. The third-order valence-electron chi connectivity index (χ3n) is 1.94. The fraction of sp³-hybridized carbons (Fsp3) is 0. The van der Waals surface area contributed by atoms with E-state index in [0.29, 0.717) is 10.8 Å². The second-order valence-electron chi connectivity index (χ2n) is 3.25. The van der Waals surface area contributed by atoms with Gasteiger partial charge in [-0.05, 0) is 6.07 Å². The van der Waals surface area contributed by atoms with Crippen LogP contribution in [0.3, 0.4) is 0 Å². The lowest BCUT2D eigenvalue weighted by molar-refractivity contribution is 0.0693. The van der Waals surface area contributed by atoms with Crippen LogP contribution in [-0.4, -0.2) is 21.0 Å². The van der Waals surface area contributed by atoms with Gasteiger partial charge in [0.1, 0.15) is 11.3 Å². The highest BCUT2D eigenvalue weighted by Gasteiger charge is 2.14. The van der Waals surface area contributed by atoms with Gasteiger partial charge in [0, 0.05) is 18.5 Å². The Labute approximate surface area is 112 Å². The second-order valence-corrected chi connectivity index (χ2v) is 4.13.